The quantitative estimate of drug-likeness (QED) is 0.548. The van der Waals surface area contributed by atoms with Crippen LogP contribution in [0.4, 0.5) is 17.6 Å². The van der Waals surface area contributed by atoms with Crippen molar-refractivity contribution in [1.29, 1.82) is 0 Å². The summed E-state index contributed by atoms with van der Waals surface area (Å²) >= 11 is 0. The highest BCUT2D eigenvalue weighted by molar-refractivity contribution is 7.92. The summed E-state index contributed by atoms with van der Waals surface area (Å²) in [4.78, 5) is 12.5. The minimum atomic E-state index is -4.62. The zero-order chi connectivity index (χ0) is 18.5. The van der Waals surface area contributed by atoms with Gasteiger partial charge in [-0.1, -0.05) is 13.3 Å². The summed E-state index contributed by atoms with van der Waals surface area (Å²) in [5.41, 5.74) is 0. The zero-order valence-electron chi connectivity index (χ0n) is 13.3. The first kappa shape index (κ1) is 20.4. The SMILES string of the molecule is CCCCN(CC(F)(F)F)C(=O)C(C)S(=O)(=O)c1ccc(F)cc1. The Morgan fingerprint density at radius 3 is 2.21 bits per heavy atom. The number of sulfone groups is 1. The van der Waals surface area contributed by atoms with Gasteiger partial charge in [0.15, 0.2) is 9.84 Å². The average molecular weight is 369 g/mol. The molecule has 1 unspecified atom stereocenters. The van der Waals surface area contributed by atoms with Crippen LogP contribution in [0.5, 0.6) is 0 Å². The van der Waals surface area contributed by atoms with Crippen LogP contribution in [-0.2, 0) is 14.6 Å². The van der Waals surface area contributed by atoms with Crippen LogP contribution in [0, 0.1) is 5.82 Å². The molecule has 0 N–H and O–H groups in total. The van der Waals surface area contributed by atoms with Gasteiger partial charge in [-0.05, 0) is 37.6 Å². The van der Waals surface area contributed by atoms with Crippen LogP contribution in [0.15, 0.2) is 29.2 Å². The summed E-state index contributed by atoms with van der Waals surface area (Å²) in [6, 6.07) is 3.78. The number of carbonyl (C=O) groups is 1. The molecule has 24 heavy (non-hydrogen) atoms. The molecule has 1 atom stereocenters. The fourth-order valence-electron chi connectivity index (χ4n) is 2.05. The summed E-state index contributed by atoms with van der Waals surface area (Å²) in [6.07, 6.45) is -3.74. The molecule has 0 heterocycles. The summed E-state index contributed by atoms with van der Waals surface area (Å²) in [7, 11) is -4.21. The molecule has 0 aliphatic rings. The highest BCUT2D eigenvalue weighted by Gasteiger charge is 2.38. The normalized spacial score (nSPS) is 13.6. The summed E-state index contributed by atoms with van der Waals surface area (Å²) in [5.74, 6) is -1.78. The highest BCUT2D eigenvalue weighted by Crippen LogP contribution is 2.22. The number of unbranched alkanes of at least 4 members (excludes halogenated alkanes) is 1. The number of hydrogen-bond acceptors (Lipinski definition) is 3. The van der Waals surface area contributed by atoms with E-state index in [0.29, 0.717) is 17.7 Å². The van der Waals surface area contributed by atoms with Crippen molar-refractivity contribution < 1.29 is 30.8 Å². The van der Waals surface area contributed by atoms with E-state index in [1.807, 2.05) is 0 Å². The van der Waals surface area contributed by atoms with E-state index in [1.165, 1.54) is 0 Å². The standard InChI is InChI=1S/C15H19F4NO3S/c1-3-4-9-20(10-15(17,18)19)14(21)11(2)24(22,23)13-7-5-12(16)6-8-13/h5-8,11H,3-4,9-10H2,1-2H3. The van der Waals surface area contributed by atoms with Crippen LogP contribution >= 0.6 is 0 Å². The van der Waals surface area contributed by atoms with Gasteiger partial charge in [0.2, 0.25) is 5.91 Å². The van der Waals surface area contributed by atoms with Crippen LogP contribution in [0.1, 0.15) is 26.7 Å². The molecule has 1 rings (SSSR count). The molecule has 1 aromatic carbocycles. The maximum Gasteiger partial charge on any atom is 0.406 e. The third-order valence-corrected chi connectivity index (χ3v) is 5.48. The lowest BCUT2D eigenvalue weighted by Gasteiger charge is -2.26. The molecule has 1 amide bonds. The van der Waals surface area contributed by atoms with Crippen LogP contribution in [0.2, 0.25) is 0 Å². The van der Waals surface area contributed by atoms with E-state index < -0.39 is 39.5 Å². The first-order valence-electron chi connectivity index (χ1n) is 7.34. The van der Waals surface area contributed by atoms with E-state index in [1.54, 1.807) is 6.92 Å². The van der Waals surface area contributed by atoms with Gasteiger partial charge < -0.3 is 4.90 Å². The Kier molecular flexibility index (Phi) is 6.76. The maximum absolute atomic E-state index is 12.9. The van der Waals surface area contributed by atoms with Gasteiger partial charge in [-0.2, -0.15) is 13.2 Å². The summed E-state index contributed by atoms with van der Waals surface area (Å²) in [5, 5.41) is -1.69. The Bertz CT molecular complexity index is 656. The molecule has 136 valence electrons. The number of halogens is 4. The number of alkyl halides is 3. The number of benzene rings is 1. The van der Waals surface area contributed by atoms with E-state index >= 15 is 0 Å². The van der Waals surface area contributed by atoms with Crippen molar-refractivity contribution in [3.63, 3.8) is 0 Å². The number of amides is 1. The molecule has 1 aromatic rings. The molecule has 4 nitrogen and oxygen atoms in total. The van der Waals surface area contributed by atoms with Crippen molar-refractivity contribution in [2.75, 3.05) is 13.1 Å². The highest BCUT2D eigenvalue weighted by atomic mass is 32.2. The molecule has 0 fully saturated rings. The van der Waals surface area contributed by atoms with Crippen molar-refractivity contribution in [1.82, 2.24) is 4.90 Å². The number of carbonyl (C=O) groups excluding carboxylic acids is 1. The van der Waals surface area contributed by atoms with Crippen LogP contribution < -0.4 is 0 Å². The number of nitrogens with zero attached hydrogens (tertiary/aromatic N) is 1. The largest absolute Gasteiger partial charge is 0.406 e. The fraction of sp³-hybridized carbons (Fsp3) is 0.533. The first-order chi connectivity index (χ1) is 11.0. The lowest BCUT2D eigenvalue weighted by Crippen LogP contribution is -2.46. The third-order valence-electron chi connectivity index (χ3n) is 3.42. The van der Waals surface area contributed by atoms with Crippen molar-refractivity contribution in [3.8, 4) is 0 Å². The lowest BCUT2D eigenvalue weighted by molar-refractivity contribution is -0.160. The second-order valence-corrected chi connectivity index (χ2v) is 7.64. The Labute approximate surface area is 138 Å². The summed E-state index contributed by atoms with van der Waals surface area (Å²) < 4.78 is 75.6. The topological polar surface area (TPSA) is 54.5 Å². The second kappa shape index (κ2) is 7.96. The Balaban J connectivity index is 3.05. The van der Waals surface area contributed by atoms with E-state index in [2.05, 4.69) is 0 Å². The predicted octanol–water partition coefficient (Wildman–Crippen LogP) is 3.18. The van der Waals surface area contributed by atoms with Gasteiger partial charge in [0.05, 0.1) is 4.90 Å². The molecule has 0 spiro atoms. The van der Waals surface area contributed by atoms with Gasteiger partial charge in [0.25, 0.3) is 0 Å². The molecule has 0 saturated heterocycles. The van der Waals surface area contributed by atoms with E-state index in [9.17, 15) is 30.8 Å². The molecule has 9 heteroatoms. The molecule has 0 aliphatic carbocycles. The molecule has 0 aliphatic heterocycles. The second-order valence-electron chi connectivity index (χ2n) is 5.37. The van der Waals surface area contributed by atoms with Gasteiger partial charge in [0, 0.05) is 6.54 Å². The molecule has 0 bridgehead atoms. The van der Waals surface area contributed by atoms with Crippen molar-refractivity contribution >= 4 is 15.7 Å². The van der Waals surface area contributed by atoms with E-state index in [0.717, 1.165) is 31.2 Å². The van der Waals surface area contributed by atoms with Gasteiger partial charge in [-0.3, -0.25) is 4.79 Å². The molecular formula is C15H19F4NO3S. The Morgan fingerprint density at radius 2 is 1.75 bits per heavy atom. The van der Waals surface area contributed by atoms with E-state index in [-0.39, 0.29) is 11.4 Å². The first-order valence-corrected chi connectivity index (χ1v) is 8.88. The van der Waals surface area contributed by atoms with Gasteiger partial charge in [-0.15, -0.1) is 0 Å². The fourth-order valence-corrected chi connectivity index (χ4v) is 3.39. The molecule has 0 radical (unpaired) electrons. The van der Waals surface area contributed by atoms with Gasteiger partial charge in [0.1, 0.15) is 17.6 Å². The molecular weight excluding hydrogens is 350 g/mol. The molecule has 0 saturated carbocycles. The minimum absolute atomic E-state index is 0.182. The van der Waals surface area contributed by atoms with Crippen LogP contribution in [0.3, 0.4) is 0 Å². The van der Waals surface area contributed by atoms with E-state index in [4.69, 9.17) is 0 Å². The average Bonchev–Trinajstić information content (AvgIpc) is 2.49. The van der Waals surface area contributed by atoms with Crippen LogP contribution in [0.25, 0.3) is 0 Å². The minimum Gasteiger partial charge on any atom is -0.332 e. The van der Waals surface area contributed by atoms with Crippen molar-refractivity contribution in [2.45, 2.75) is 43.0 Å². The van der Waals surface area contributed by atoms with Gasteiger partial charge >= 0.3 is 6.18 Å². The number of rotatable bonds is 7. The van der Waals surface area contributed by atoms with Gasteiger partial charge in [-0.25, -0.2) is 12.8 Å². The lowest BCUT2D eigenvalue weighted by atomic mass is 10.3. The van der Waals surface area contributed by atoms with Crippen molar-refractivity contribution in [2.24, 2.45) is 0 Å². The zero-order valence-corrected chi connectivity index (χ0v) is 14.1. The number of hydrogen-bond donors (Lipinski definition) is 0. The Hall–Kier alpha value is -1.64. The monoisotopic (exact) mass is 369 g/mol. The predicted molar refractivity (Wildman–Crippen MR) is 80.6 cm³/mol. The third kappa shape index (κ3) is 5.47. The van der Waals surface area contributed by atoms with Crippen molar-refractivity contribution in [3.05, 3.63) is 30.1 Å². The Morgan fingerprint density at radius 1 is 1.21 bits per heavy atom. The van der Waals surface area contributed by atoms with Crippen LogP contribution in [-0.4, -0.2) is 43.7 Å². The smallest absolute Gasteiger partial charge is 0.332 e. The molecule has 0 aromatic heterocycles. The maximum atomic E-state index is 12.9. The summed E-state index contributed by atoms with van der Waals surface area (Å²) in [6.45, 7) is 1.10.